The molecule has 0 saturated heterocycles. The second-order valence-electron chi connectivity index (χ2n) is 6.18. The number of thioether (sulfide) groups is 1. The summed E-state index contributed by atoms with van der Waals surface area (Å²) in [6.07, 6.45) is 0. The maximum absolute atomic E-state index is 14.1. The molecule has 5 nitrogen and oxygen atoms in total. The van der Waals surface area contributed by atoms with Crippen LogP contribution in [-0.4, -0.2) is 27.8 Å². The van der Waals surface area contributed by atoms with Crippen molar-refractivity contribution >= 4 is 38.8 Å². The van der Waals surface area contributed by atoms with E-state index in [0.717, 1.165) is 21.4 Å². The molecule has 1 aromatic heterocycles. The molecule has 0 radical (unpaired) electrons. The minimum Gasteiger partial charge on any atom is -0.494 e. The first-order valence-electron chi connectivity index (χ1n) is 8.57. The van der Waals surface area contributed by atoms with Crippen LogP contribution in [0.4, 0.5) is 10.1 Å². The second-order valence-corrected chi connectivity index (χ2v) is 10.3. The number of halogens is 1. The van der Waals surface area contributed by atoms with Crippen LogP contribution >= 0.6 is 23.1 Å². The van der Waals surface area contributed by atoms with Crippen molar-refractivity contribution in [3.63, 3.8) is 0 Å². The molecule has 0 bridgehead atoms. The zero-order chi connectivity index (χ0) is 20.6. The number of hydrogen-bond acceptors (Lipinski definition) is 6. The van der Waals surface area contributed by atoms with E-state index in [1.165, 1.54) is 34.9 Å². The number of hydrogen-bond donors (Lipinski definition) is 0. The SMILES string of the molecule is COc1ccc(S(=O)(=O)N2CCSc3ccc(-c4ccc(C#N)s4)cc32)cc1F. The monoisotopic (exact) mass is 446 g/mol. The van der Waals surface area contributed by atoms with E-state index < -0.39 is 15.8 Å². The summed E-state index contributed by atoms with van der Waals surface area (Å²) in [6.45, 7) is 0.283. The van der Waals surface area contributed by atoms with Gasteiger partial charge in [0.05, 0.1) is 17.7 Å². The normalized spacial score (nSPS) is 13.6. The van der Waals surface area contributed by atoms with Gasteiger partial charge in [-0.1, -0.05) is 6.07 Å². The quantitative estimate of drug-likeness (QED) is 0.579. The molecule has 0 fully saturated rings. The molecular weight excluding hydrogens is 431 g/mol. The number of methoxy groups -OCH3 is 1. The first-order valence-corrected chi connectivity index (χ1v) is 11.8. The molecule has 4 rings (SSSR count). The molecule has 0 spiro atoms. The number of benzene rings is 2. The zero-order valence-corrected chi connectivity index (χ0v) is 17.7. The minimum atomic E-state index is -3.95. The van der Waals surface area contributed by atoms with Crippen molar-refractivity contribution in [3.05, 3.63) is 59.2 Å². The van der Waals surface area contributed by atoms with Gasteiger partial charge in [0, 0.05) is 22.1 Å². The van der Waals surface area contributed by atoms with Crippen molar-refractivity contribution in [2.45, 2.75) is 9.79 Å². The highest BCUT2D eigenvalue weighted by Crippen LogP contribution is 2.41. The lowest BCUT2D eigenvalue weighted by molar-refractivity contribution is 0.385. The summed E-state index contributed by atoms with van der Waals surface area (Å²) < 4.78 is 46.9. The van der Waals surface area contributed by atoms with Gasteiger partial charge in [-0.05, 0) is 48.0 Å². The third-order valence-corrected chi connectivity index (χ3v) is 8.38. The van der Waals surface area contributed by atoms with Crippen LogP contribution in [0.5, 0.6) is 5.75 Å². The Kier molecular flexibility index (Phi) is 5.25. The molecule has 9 heteroatoms. The summed E-state index contributed by atoms with van der Waals surface area (Å²) in [7, 11) is -2.62. The van der Waals surface area contributed by atoms with E-state index in [1.54, 1.807) is 17.8 Å². The average molecular weight is 447 g/mol. The van der Waals surface area contributed by atoms with Gasteiger partial charge in [-0.3, -0.25) is 4.31 Å². The molecule has 0 atom stereocenters. The Morgan fingerprint density at radius 1 is 1.17 bits per heavy atom. The van der Waals surface area contributed by atoms with Gasteiger partial charge in [0.25, 0.3) is 10.0 Å². The van der Waals surface area contributed by atoms with E-state index in [-0.39, 0.29) is 17.2 Å². The molecule has 1 aliphatic rings. The number of sulfonamides is 1. The van der Waals surface area contributed by atoms with Crippen LogP contribution in [0.3, 0.4) is 0 Å². The number of ether oxygens (including phenoxy) is 1. The fraction of sp³-hybridized carbons (Fsp3) is 0.150. The maximum Gasteiger partial charge on any atom is 0.264 e. The van der Waals surface area contributed by atoms with Crippen LogP contribution in [0.1, 0.15) is 4.88 Å². The lowest BCUT2D eigenvalue weighted by Gasteiger charge is -2.30. The Bertz CT molecular complexity index is 1230. The van der Waals surface area contributed by atoms with Crippen molar-refractivity contribution in [3.8, 4) is 22.3 Å². The highest BCUT2D eigenvalue weighted by Gasteiger charge is 2.30. The van der Waals surface area contributed by atoms with Crippen LogP contribution in [0.15, 0.2) is 58.3 Å². The van der Waals surface area contributed by atoms with E-state index in [4.69, 9.17) is 10.00 Å². The number of nitrogens with zero attached hydrogens (tertiary/aromatic N) is 2. The standard InChI is InChI=1S/C20H15FN2O3S3/c1-26-18-5-4-15(11-16(18)21)29(24,25)23-8-9-27-20-6-2-13(10-17(20)23)19-7-3-14(12-22)28-19/h2-7,10-11H,8-9H2,1H3. The summed E-state index contributed by atoms with van der Waals surface area (Å²) in [5, 5.41) is 9.05. The summed E-state index contributed by atoms with van der Waals surface area (Å²) in [6, 6.07) is 15.0. The van der Waals surface area contributed by atoms with Crippen LogP contribution in [-0.2, 0) is 10.0 Å². The number of nitriles is 1. The van der Waals surface area contributed by atoms with Crippen molar-refractivity contribution in [1.82, 2.24) is 0 Å². The molecule has 29 heavy (non-hydrogen) atoms. The first kappa shape index (κ1) is 19.8. The van der Waals surface area contributed by atoms with Gasteiger partial charge in [0.1, 0.15) is 10.9 Å². The van der Waals surface area contributed by atoms with Crippen molar-refractivity contribution < 1.29 is 17.5 Å². The fourth-order valence-electron chi connectivity index (χ4n) is 3.08. The van der Waals surface area contributed by atoms with Crippen molar-refractivity contribution in [2.75, 3.05) is 23.7 Å². The highest BCUT2D eigenvalue weighted by molar-refractivity contribution is 8.00. The Labute approximate surface area is 176 Å². The molecule has 2 heterocycles. The van der Waals surface area contributed by atoms with Gasteiger partial charge in [-0.2, -0.15) is 5.26 Å². The number of thiophene rings is 1. The molecular formula is C20H15FN2O3S3. The highest BCUT2D eigenvalue weighted by atomic mass is 32.2. The molecule has 3 aromatic rings. The fourth-order valence-corrected chi connectivity index (χ4v) is 6.52. The third kappa shape index (κ3) is 3.59. The van der Waals surface area contributed by atoms with Crippen molar-refractivity contribution in [2.24, 2.45) is 0 Å². The van der Waals surface area contributed by atoms with Gasteiger partial charge >= 0.3 is 0 Å². The smallest absolute Gasteiger partial charge is 0.264 e. The molecule has 0 unspecified atom stereocenters. The van der Waals surface area contributed by atoms with Gasteiger partial charge < -0.3 is 4.74 Å². The van der Waals surface area contributed by atoms with E-state index in [2.05, 4.69) is 6.07 Å². The predicted octanol–water partition coefficient (Wildman–Crippen LogP) is 4.74. The molecule has 1 aliphatic heterocycles. The van der Waals surface area contributed by atoms with Gasteiger partial charge in [-0.25, -0.2) is 12.8 Å². The molecule has 2 aromatic carbocycles. The Morgan fingerprint density at radius 3 is 2.69 bits per heavy atom. The minimum absolute atomic E-state index is 0.00757. The summed E-state index contributed by atoms with van der Waals surface area (Å²) in [4.78, 5) is 2.19. The van der Waals surface area contributed by atoms with Gasteiger partial charge in [-0.15, -0.1) is 23.1 Å². The summed E-state index contributed by atoms with van der Waals surface area (Å²) in [5.74, 6) is -0.134. The number of fused-ring (bicyclic) bond motifs is 1. The average Bonchev–Trinajstić information content (AvgIpc) is 3.22. The van der Waals surface area contributed by atoms with Gasteiger partial charge in [0.2, 0.25) is 0 Å². The second kappa shape index (κ2) is 7.71. The Hall–Kier alpha value is -2.54. The van der Waals surface area contributed by atoms with E-state index >= 15 is 0 Å². The first-order chi connectivity index (χ1) is 13.9. The Balaban J connectivity index is 1.78. The lowest BCUT2D eigenvalue weighted by Crippen LogP contribution is -2.35. The zero-order valence-electron chi connectivity index (χ0n) is 15.3. The predicted molar refractivity (Wildman–Crippen MR) is 113 cm³/mol. The van der Waals surface area contributed by atoms with Gasteiger partial charge in [0.15, 0.2) is 11.6 Å². The molecule has 0 N–H and O–H groups in total. The van der Waals surface area contributed by atoms with Crippen LogP contribution < -0.4 is 9.04 Å². The third-order valence-electron chi connectivity index (χ3n) is 4.49. The number of rotatable bonds is 4. The van der Waals surface area contributed by atoms with E-state index in [1.807, 2.05) is 24.3 Å². The maximum atomic E-state index is 14.1. The number of anilines is 1. The van der Waals surface area contributed by atoms with E-state index in [0.29, 0.717) is 16.3 Å². The molecule has 0 aliphatic carbocycles. The van der Waals surface area contributed by atoms with E-state index in [9.17, 15) is 12.8 Å². The van der Waals surface area contributed by atoms with Crippen LogP contribution in [0.25, 0.3) is 10.4 Å². The van der Waals surface area contributed by atoms with Crippen molar-refractivity contribution in [1.29, 1.82) is 5.26 Å². The molecule has 0 amide bonds. The molecule has 148 valence electrons. The summed E-state index contributed by atoms with van der Waals surface area (Å²) in [5.41, 5.74) is 1.39. The topological polar surface area (TPSA) is 70.4 Å². The van der Waals surface area contributed by atoms with Crippen LogP contribution in [0.2, 0.25) is 0 Å². The largest absolute Gasteiger partial charge is 0.494 e. The Morgan fingerprint density at radius 2 is 2.00 bits per heavy atom. The molecule has 0 saturated carbocycles. The van der Waals surface area contributed by atoms with Crippen LogP contribution in [0, 0.1) is 17.1 Å². The summed E-state index contributed by atoms with van der Waals surface area (Å²) >= 11 is 2.93. The lowest BCUT2D eigenvalue weighted by atomic mass is 10.1.